The van der Waals surface area contributed by atoms with Gasteiger partial charge in [0.2, 0.25) is 5.91 Å². The average Bonchev–Trinajstić information content (AvgIpc) is 3.59. The van der Waals surface area contributed by atoms with E-state index in [9.17, 15) is 9.59 Å². The third-order valence-corrected chi connectivity index (χ3v) is 7.34. The maximum absolute atomic E-state index is 13.7. The number of ether oxygens (including phenoxy) is 1. The molecule has 1 atom stereocenters. The maximum atomic E-state index is 13.7. The predicted octanol–water partition coefficient (Wildman–Crippen LogP) is 3.93. The number of carbonyl (C=O) groups excluding carboxylic acids is 2. The number of benzene rings is 2. The van der Waals surface area contributed by atoms with Crippen molar-refractivity contribution in [3.63, 3.8) is 0 Å². The van der Waals surface area contributed by atoms with Crippen molar-refractivity contribution < 1.29 is 14.3 Å². The lowest BCUT2D eigenvalue weighted by molar-refractivity contribution is -0.133. The van der Waals surface area contributed by atoms with Crippen LogP contribution in [0.2, 0.25) is 0 Å². The van der Waals surface area contributed by atoms with Crippen LogP contribution in [0.1, 0.15) is 15.2 Å². The number of nitrogens with zero attached hydrogens (tertiary/aromatic N) is 2. The number of H-pyrrole nitrogens is 1. The molecule has 0 bridgehead atoms. The number of nitrogens with one attached hydrogen (secondary N) is 2. The van der Waals surface area contributed by atoms with Crippen LogP contribution in [0.4, 0.5) is 5.69 Å². The highest BCUT2D eigenvalue weighted by atomic mass is 32.1. The Morgan fingerprint density at radius 1 is 1.03 bits per heavy atom. The van der Waals surface area contributed by atoms with Gasteiger partial charge in [-0.15, -0.1) is 11.3 Å². The fourth-order valence-electron chi connectivity index (χ4n) is 4.56. The molecule has 0 radical (unpaired) electrons. The van der Waals surface area contributed by atoms with Crippen LogP contribution < -0.4 is 15.0 Å². The summed E-state index contributed by atoms with van der Waals surface area (Å²) in [6, 6.07) is 19.0. The van der Waals surface area contributed by atoms with E-state index in [0.717, 1.165) is 41.0 Å². The number of piperazine rings is 1. The summed E-state index contributed by atoms with van der Waals surface area (Å²) in [5.41, 5.74) is 3.15. The van der Waals surface area contributed by atoms with Crippen LogP contribution in [0.5, 0.6) is 5.75 Å². The molecule has 4 aromatic rings. The number of rotatable bonds is 7. The minimum absolute atomic E-state index is 0.0467. The molecular formula is C27H28N4O3S. The third kappa shape index (κ3) is 5.02. The summed E-state index contributed by atoms with van der Waals surface area (Å²) in [4.78, 5) is 34.6. The summed E-state index contributed by atoms with van der Waals surface area (Å²) in [6.07, 6.45) is 2.36. The van der Waals surface area contributed by atoms with Crippen LogP contribution in [0, 0.1) is 0 Å². The monoisotopic (exact) mass is 488 g/mol. The Balaban J connectivity index is 1.31. The molecule has 180 valence electrons. The largest absolute Gasteiger partial charge is 0.497 e. The summed E-state index contributed by atoms with van der Waals surface area (Å²) < 4.78 is 5.25. The molecule has 3 heterocycles. The van der Waals surface area contributed by atoms with Crippen molar-refractivity contribution in [2.24, 2.45) is 0 Å². The zero-order chi connectivity index (χ0) is 24.2. The van der Waals surface area contributed by atoms with Crippen molar-refractivity contribution in [3.8, 4) is 5.75 Å². The molecule has 2 N–H and O–H groups in total. The van der Waals surface area contributed by atoms with Crippen molar-refractivity contribution in [3.05, 3.63) is 82.7 Å². The van der Waals surface area contributed by atoms with Crippen LogP contribution in [0.25, 0.3) is 10.9 Å². The Morgan fingerprint density at radius 3 is 2.51 bits per heavy atom. The first-order valence-corrected chi connectivity index (χ1v) is 12.6. The minimum atomic E-state index is -0.642. The number of methoxy groups -OCH3 is 1. The second kappa shape index (κ2) is 10.2. The van der Waals surface area contributed by atoms with Crippen molar-refractivity contribution in [1.82, 2.24) is 15.2 Å². The predicted molar refractivity (Wildman–Crippen MR) is 139 cm³/mol. The molecule has 0 aliphatic carbocycles. The van der Waals surface area contributed by atoms with E-state index >= 15 is 0 Å². The molecule has 2 amide bonds. The zero-order valence-electron chi connectivity index (χ0n) is 19.6. The van der Waals surface area contributed by atoms with Crippen LogP contribution in [0.15, 0.2) is 72.2 Å². The highest BCUT2D eigenvalue weighted by Gasteiger charge is 2.30. The summed E-state index contributed by atoms with van der Waals surface area (Å²) in [5, 5.41) is 5.95. The summed E-state index contributed by atoms with van der Waals surface area (Å²) in [5.74, 6) is 0.564. The van der Waals surface area contributed by atoms with E-state index in [2.05, 4.69) is 15.2 Å². The van der Waals surface area contributed by atoms with E-state index in [-0.39, 0.29) is 11.8 Å². The lowest BCUT2D eigenvalue weighted by Gasteiger charge is -2.37. The fraction of sp³-hybridized carbons (Fsp3) is 0.259. The first kappa shape index (κ1) is 23.0. The number of aromatic amines is 1. The maximum Gasteiger partial charge on any atom is 0.262 e. The smallest absolute Gasteiger partial charge is 0.262 e. The van der Waals surface area contributed by atoms with Crippen LogP contribution in [0.3, 0.4) is 0 Å². The van der Waals surface area contributed by atoms with Gasteiger partial charge in [0.1, 0.15) is 11.8 Å². The van der Waals surface area contributed by atoms with Gasteiger partial charge in [-0.05, 0) is 47.3 Å². The van der Waals surface area contributed by atoms with Crippen LogP contribution in [-0.2, 0) is 11.2 Å². The first-order valence-electron chi connectivity index (χ1n) is 11.7. The van der Waals surface area contributed by atoms with Gasteiger partial charge in [0, 0.05) is 55.4 Å². The van der Waals surface area contributed by atoms with Gasteiger partial charge < -0.3 is 24.8 Å². The summed E-state index contributed by atoms with van der Waals surface area (Å²) >= 11 is 1.37. The Hall–Kier alpha value is -3.78. The Labute approximate surface area is 208 Å². The van der Waals surface area contributed by atoms with Gasteiger partial charge in [0.25, 0.3) is 5.91 Å². The van der Waals surface area contributed by atoms with Gasteiger partial charge in [-0.3, -0.25) is 9.59 Å². The quantitative estimate of drug-likeness (QED) is 0.413. The number of anilines is 1. The van der Waals surface area contributed by atoms with E-state index in [0.29, 0.717) is 24.4 Å². The molecule has 0 unspecified atom stereocenters. The van der Waals surface area contributed by atoms with E-state index in [4.69, 9.17) is 4.74 Å². The van der Waals surface area contributed by atoms with Gasteiger partial charge in [0.05, 0.1) is 12.0 Å². The number of para-hydroxylation sites is 1. The van der Waals surface area contributed by atoms with Gasteiger partial charge >= 0.3 is 0 Å². The molecule has 7 nitrogen and oxygen atoms in total. The van der Waals surface area contributed by atoms with E-state index in [1.807, 2.05) is 71.1 Å². The van der Waals surface area contributed by atoms with E-state index < -0.39 is 6.04 Å². The number of hydrogen-bond acceptors (Lipinski definition) is 5. The summed E-state index contributed by atoms with van der Waals surface area (Å²) in [7, 11) is 1.66. The van der Waals surface area contributed by atoms with Crippen molar-refractivity contribution in [1.29, 1.82) is 0 Å². The molecule has 2 aromatic heterocycles. The van der Waals surface area contributed by atoms with Crippen molar-refractivity contribution in [2.45, 2.75) is 12.5 Å². The Kier molecular flexibility index (Phi) is 6.72. The third-order valence-electron chi connectivity index (χ3n) is 6.48. The lowest BCUT2D eigenvalue weighted by atomic mass is 10.0. The number of fused-ring (bicyclic) bond motifs is 1. The van der Waals surface area contributed by atoms with Gasteiger partial charge in [-0.1, -0.05) is 24.3 Å². The number of aromatic nitrogens is 1. The standard InChI is InChI=1S/C27H28N4O3S/c1-34-21-10-8-20(9-11-21)30-12-14-31(15-13-30)27(33)24(29-26(32)25-7-4-16-35-25)17-19-18-28-23-6-3-2-5-22(19)23/h2-11,16,18,24,28H,12-15,17H2,1H3,(H,29,32)/t24-/m0/s1. The van der Waals surface area contributed by atoms with Gasteiger partial charge in [0.15, 0.2) is 0 Å². The molecule has 1 saturated heterocycles. The fourth-order valence-corrected chi connectivity index (χ4v) is 5.18. The molecule has 1 aliphatic heterocycles. The number of thiophene rings is 1. The highest BCUT2D eigenvalue weighted by molar-refractivity contribution is 7.12. The Morgan fingerprint density at radius 2 is 1.80 bits per heavy atom. The minimum Gasteiger partial charge on any atom is -0.497 e. The molecule has 8 heteroatoms. The normalized spacial score (nSPS) is 14.7. The van der Waals surface area contributed by atoms with Crippen LogP contribution in [-0.4, -0.2) is 61.0 Å². The highest BCUT2D eigenvalue weighted by Crippen LogP contribution is 2.23. The second-order valence-corrected chi connectivity index (χ2v) is 9.53. The SMILES string of the molecule is COc1ccc(N2CCN(C(=O)[C@H](Cc3c[nH]c4ccccc34)NC(=O)c3cccs3)CC2)cc1. The molecule has 1 fully saturated rings. The van der Waals surface area contributed by atoms with Crippen molar-refractivity contribution in [2.75, 3.05) is 38.2 Å². The van der Waals surface area contributed by atoms with E-state index in [1.165, 1.54) is 11.3 Å². The van der Waals surface area contributed by atoms with E-state index in [1.54, 1.807) is 13.2 Å². The molecule has 0 saturated carbocycles. The van der Waals surface area contributed by atoms with Crippen LogP contribution >= 0.6 is 11.3 Å². The number of hydrogen-bond donors (Lipinski definition) is 2. The summed E-state index contributed by atoms with van der Waals surface area (Å²) in [6.45, 7) is 2.67. The number of carbonyl (C=O) groups is 2. The molecular weight excluding hydrogens is 460 g/mol. The first-order chi connectivity index (χ1) is 17.1. The lowest BCUT2D eigenvalue weighted by Crippen LogP contribution is -2.55. The molecule has 1 aliphatic rings. The number of amides is 2. The average molecular weight is 489 g/mol. The topological polar surface area (TPSA) is 77.7 Å². The molecule has 5 rings (SSSR count). The van der Waals surface area contributed by atoms with Gasteiger partial charge in [-0.25, -0.2) is 0 Å². The second-order valence-electron chi connectivity index (χ2n) is 8.58. The molecule has 2 aromatic carbocycles. The van der Waals surface area contributed by atoms with Crippen molar-refractivity contribution >= 4 is 39.7 Å². The molecule has 0 spiro atoms. The molecule has 35 heavy (non-hydrogen) atoms. The van der Waals surface area contributed by atoms with Gasteiger partial charge in [-0.2, -0.15) is 0 Å². The zero-order valence-corrected chi connectivity index (χ0v) is 20.4. The Bertz CT molecular complexity index is 1290.